The van der Waals surface area contributed by atoms with Crippen LogP contribution in [0.4, 0.5) is 0 Å². The Morgan fingerprint density at radius 1 is 1.16 bits per heavy atom. The quantitative estimate of drug-likeness (QED) is 0.874. The molecule has 1 aromatic rings. The van der Waals surface area contributed by atoms with E-state index in [0.29, 0.717) is 0 Å². The third-order valence-corrected chi connectivity index (χ3v) is 4.12. The van der Waals surface area contributed by atoms with Crippen LogP contribution in [0.5, 0.6) is 0 Å². The van der Waals surface area contributed by atoms with E-state index in [1.165, 1.54) is 37.7 Å². The fourth-order valence-corrected chi connectivity index (χ4v) is 2.74. The summed E-state index contributed by atoms with van der Waals surface area (Å²) in [6.45, 7) is 3.20. The number of hydrogen-bond acceptors (Lipinski definition) is 2. The lowest BCUT2D eigenvalue weighted by Crippen LogP contribution is -2.43. The molecular formula is C16H24N2O. The minimum Gasteiger partial charge on any atom is -0.355 e. The lowest BCUT2D eigenvalue weighted by atomic mass is 9.83. The third kappa shape index (κ3) is 3.80. The van der Waals surface area contributed by atoms with Gasteiger partial charge < -0.3 is 10.6 Å². The highest BCUT2D eigenvalue weighted by atomic mass is 16.1. The molecule has 1 saturated carbocycles. The van der Waals surface area contributed by atoms with Crippen LogP contribution in [0.3, 0.4) is 0 Å². The number of hydrogen-bond donors (Lipinski definition) is 2. The van der Waals surface area contributed by atoms with E-state index in [1.54, 1.807) is 7.05 Å². The number of nitrogens with one attached hydrogen (secondary N) is 2. The molecule has 0 radical (unpaired) electrons. The molecule has 1 fully saturated rings. The molecule has 0 bridgehead atoms. The second kappa shape index (κ2) is 6.20. The van der Waals surface area contributed by atoms with Gasteiger partial charge in [0.1, 0.15) is 0 Å². The number of benzene rings is 1. The first kappa shape index (κ1) is 14.1. The molecule has 2 rings (SSSR count). The summed E-state index contributed by atoms with van der Waals surface area (Å²) in [5, 5.41) is 6.31. The van der Waals surface area contributed by atoms with Crippen LogP contribution in [0.1, 0.15) is 54.9 Å². The summed E-state index contributed by atoms with van der Waals surface area (Å²) >= 11 is 0. The highest BCUT2D eigenvalue weighted by Crippen LogP contribution is 2.27. The Bertz CT molecular complexity index is 419. The maximum atomic E-state index is 11.5. The maximum absolute atomic E-state index is 11.5. The van der Waals surface area contributed by atoms with Crippen molar-refractivity contribution in [2.75, 3.05) is 7.05 Å². The first-order chi connectivity index (χ1) is 9.13. The molecule has 104 valence electrons. The molecule has 1 amide bonds. The van der Waals surface area contributed by atoms with Gasteiger partial charge >= 0.3 is 0 Å². The maximum Gasteiger partial charge on any atom is 0.251 e. The summed E-state index contributed by atoms with van der Waals surface area (Å²) in [5.74, 6) is -0.0289. The molecule has 1 aromatic carbocycles. The first-order valence-electron chi connectivity index (χ1n) is 7.19. The molecule has 0 heterocycles. The van der Waals surface area contributed by atoms with Crippen molar-refractivity contribution in [2.24, 2.45) is 0 Å². The van der Waals surface area contributed by atoms with Crippen molar-refractivity contribution in [3.63, 3.8) is 0 Å². The number of rotatable bonds is 4. The zero-order valence-electron chi connectivity index (χ0n) is 12.0. The van der Waals surface area contributed by atoms with Crippen molar-refractivity contribution < 1.29 is 4.79 Å². The summed E-state index contributed by atoms with van der Waals surface area (Å²) in [6, 6.07) is 7.84. The van der Waals surface area contributed by atoms with Crippen molar-refractivity contribution in [3.05, 3.63) is 35.4 Å². The molecule has 0 unspecified atom stereocenters. The van der Waals surface area contributed by atoms with E-state index >= 15 is 0 Å². The van der Waals surface area contributed by atoms with Crippen LogP contribution in [0.15, 0.2) is 24.3 Å². The van der Waals surface area contributed by atoms with Crippen LogP contribution < -0.4 is 10.6 Å². The van der Waals surface area contributed by atoms with E-state index in [4.69, 9.17) is 0 Å². The van der Waals surface area contributed by atoms with Crippen LogP contribution >= 0.6 is 0 Å². The van der Waals surface area contributed by atoms with Gasteiger partial charge in [-0.15, -0.1) is 0 Å². The summed E-state index contributed by atoms with van der Waals surface area (Å²) in [5.41, 5.74) is 2.24. The minimum atomic E-state index is -0.0289. The molecule has 3 nitrogen and oxygen atoms in total. The normalized spacial score (nSPS) is 18.0. The molecule has 19 heavy (non-hydrogen) atoms. The predicted octanol–water partition coefficient (Wildman–Crippen LogP) is 2.86. The third-order valence-electron chi connectivity index (χ3n) is 4.12. The van der Waals surface area contributed by atoms with Crippen LogP contribution in [-0.4, -0.2) is 18.5 Å². The van der Waals surface area contributed by atoms with Gasteiger partial charge in [-0.25, -0.2) is 0 Å². The van der Waals surface area contributed by atoms with Crippen molar-refractivity contribution in [1.29, 1.82) is 0 Å². The van der Waals surface area contributed by atoms with E-state index in [0.717, 1.165) is 12.1 Å². The number of carbonyl (C=O) groups excluding carboxylic acids is 1. The molecule has 0 atom stereocenters. The smallest absolute Gasteiger partial charge is 0.251 e. The van der Waals surface area contributed by atoms with Crippen molar-refractivity contribution >= 4 is 5.91 Å². The molecule has 0 saturated heterocycles. The number of amides is 1. The fourth-order valence-electron chi connectivity index (χ4n) is 2.74. The first-order valence-corrected chi connectivity index (χ1v) is 7.19. The Morgan fingerprint density at radius 3 is 2.37 bits per heavy atom. The Hall–Kier alpha value is -1.35. The highest BCUT2D eigenvalue weighted by molar-refractivity contribution is 5.93. The Kier molecular flexibility index (Phi) is 4.59. The molecule has 0 spiro atoms. The molecule has 1 aliphatic carbocycles. The van der Waals surface area contributed by atoms with Crippen LogP contribution in [-0.2, 0) is 6.54 Å². The van der Waals surface area contributed by atoms with E-state index < -0.39 is 0 Å². The van der Waals surface area contributed by atoms with Gasteiger partial charge in [0.25, 0.3) is 5.91 Å². The standard InChI is InChI=1S/C16H24N2O/c1-16(10-4-3-5-11-16)18-12-13-6-8-14(9-7-13)15(19)17-2/h6-9,18H,3-5,10-12H2,1-2H3,(H,17,19). The molecule has 0 aliphatic heterocycles. The van der Waals surface area contributed by atoms with E-state index in [2.05, 4.69) is 17.6 Å². The minimum absolute atomic E-state index is 0.0289. The van der Waals surface area contributed by atoms with Gasteiger partial charge in [-0.3, -0.25) is 4.79 Å². The van der Waals surface area contributed by atoms with Gasteiger partial charge in [-0.05, 0) is 37.5 Å². The lowest BCUT2D eigenvalue weighted by molar-refractivity contribution is 0.0963. The highest BCUT2D eigenvalue weighted by Gasteiger charge is 2.25. The largest absolute Gasteiger partial charge is 0.355 e. The molecule has 3 heteroatoms. The van der Waals surface area contributed by atoms with E-state index in [9.17, 15) is 4.79 Å². The monoisotopic (exact) mass is 260 g/mol. The van der Waals surface area contributed by atoms with Crippen LogP contribution in [0.2, 0.25) is 0 Å². The van der Waals surface area contributed by atoms with Gasteiger partial charge in [0.15, 0.2) is 0 Å². The van der Waals surface area contributed by atoms with Gasteiger partial charge in [0.05, 0.1) is 0 Å². The van der Waals surface area contributed by atoms with Crippen molar-refractivity contribution in [3.8, 4) is 0 Å². The Balaban J connectivity index is 1.91. The second-order valence-electron chi connectivity index (χ2n) is 5.75. The van der Waals surface area contributed by atoms with Crippen molar-refractivity contribution in [2.45, 2.75) is 51.1 Å². The predicted molar refractivity (Wildman–Crippen MR) is 78.2 cm³/mol. The molecule has 0 aromatic heterocycles. The summed E-state index contributed by atoms with van der Waals surface area (Å²) in [7, 11) is 1.65. The fraction of sp³-hybridized carbons (Fsp3) is 0.562. The van der Waals surface area contributed by atoms with Gasteiger partial charge in [-0.1, -0.05) is 31.4 Å². The zero-order chi connectivity index (χ0) is 13.7. The molecule has 2 N–H and O–H groups in total. The van der Waals surface area contributed by atoms with Crippen LogP contribution in [0.25, 0.3) is 0 Å². The van der Waals surface area contributed by atoms with Crippen molar-refractivity contribution in [1.82, 2.24) is 10.6 Å². The van der Waals surface area contributed by atoms with Gasteiger partial charge in [-0.2, -0.15) is 0 Å². The molecule has 1 aliphatic rings. The van der Waals surface area contributed by atoms with E-state index in [1.807, 2.05) is 24.3 Å². The average Bonchev–Trinajstić information content (AvgIpc) is 2.46. The lowest BCUT2D eigenvalue weighted by Gasteiger charge is -2.34. The SMILES string of the molecule is CNC(=O)c1ccc(CNC2(C)CCCCC2)cc1. The van der Waals surface area contributed by atoms with E-state index in [-0.39, 0.29) is 11.4 Å². The Morgan fingerprint density at radius 2 is 1.79 bits per heavy atom. The molecular weight excluding hydrogens is 236 g/mol. The van der Waals surface area contributed by atoms with Crippen LogP contribution in [0, 0.1) is 0 Å². The van der Waals surface area contributed by atoms with Gasteiger partial charge in [0, 0.05) is 24.7 Å². The van der Waals surface area contributed by atoms with Gasteiger partial charge in [0.2, 0.25) is 0 Å². The summed E-state index contributed by atoms with van der Waals surface area (Å²) in [6.07, 6.45) is 6.57. The topological polar surface area (TPSA) is 41.1 Å². The average molecular weight is 260 g/mol. The zero-order valence-corrected chi connectivity index (χ0v) is 12.0. The summed E-state index contributed by atoms with van der Waals surface area (Å²) < 4.78 is 0. The summed E-state index contributed by atoms with van der Waals surface area (Å²) in [4.78, 5) is 11.5. The number of carbonyl (C=O) groups is 1. The second-order valence-corrected chi connectivity index (χ2v) is 5.75. The Labute approximate surface area is 115 Å².